The number of carbonyl (C=O) groups is 2. The largest absolute Gasteiger partial charge is 0.383 e. The van der Waals surface area contributed by atoms with Crippen LogP contribution in [0.5, 0.6) is 0 Å². The Bertz CT molecular complexity index is 486. The topological polar surface area (TPSA) is 79.5 Å². The number of carbonyl (C=O) groups excluding carboxylic acids is 2. The van der Waals surface area contributed by atoms with Gasteiger partial charge in [0.2, 0.25) is 11.8 Å². The number of anilines is 2. The third kappa shape index (κ3) is 7.60. The van der Waals surface area contributed by atoms with Crippen LogP contribution in [0, 0.1) is 5.82 Å². The van der Waals surface area contributed by atoms with Crippen molar-refractivity contribution < 1.29 is 18.7 Å². The van der Waals surface area contributed by atoms with Crippen molar-refractivity contribution in [1.29, 1.82) is 0 Å². The Hall–Kier alpha value is -1.70. The Balaban J connectivity index is 0.00000400. The predicted molar refractivity (Wildman–Crippen MR) is 81.3 cm³/mol. The number of rotatable bonds is 7. The normalized spacial score (nSPS) is 9.67. The number of ether oxygens (including phenoxy) is 1. The molecule has 2 amide bonds. The fourth-order valence-corrected chi connectivity index (χ4v) is 1.47. The van der Waals surface area contributed by atoms with Crippen LogP contribution in [0.15, 0.2) is 18.2 Å². The van der Waals surface area contributed by atoms with Gasteiger partial charge in [-0.05, 0) is 18.2 Å². The minimum atomic E-state index is -0.565. The fourth-order valence-electron chi connectivity index (χ4n) is 1.47. The van der Waals surface area contributed by atoms with Gasteiger partial charge in [0, 0.05) is 26.3 Å². The molecule has 0 atom stereocenters. The second kappa shape index (κ2) is 10.1. The quantitative estimate of drug-likeness (QED) is 0.663. The summed E-state index contributed by atoms with van der Waals surface area (Å²) in [6.07, 6.45) is 0. The minimum Gasteiger partial charge on any atom is -0.383 e. The van der Waals surface area contributed by atoms with Gasteiger partial charge < -0.3 is 20.7 Å². The van der Waals surface area contributed by atoms with Crippen molar-refractivity contribution in [2.75, 3.05) is 37.4 Å². The number of benzene rings is 1. The van der Waals surface area contributed by atoms with Crippen LogP contribution in [0.3, 0.4) is 0 Å². The minimum absolute atomic E-state index is 0. The van der Waals surface area contributed by atoms with Gasteiger partial charge in [-0.15, -0.1) is 12.4 Å². The third-order valence-corrected chi connectivity index (χ3v) is 2.33. The molecular formula is C13H19ClFN3O3. The Morgan fingerprint density at radius 2 is 2.00 bits per heavy atom. The monoisotopic (exact) mass is 319 g/mol. The lowest BCUT2D eigenvalue weighted by Gasteiger charge is -2.09. The van der Waals surface area contributed by atoms with E-state index in [1.165, 1.54) is 25.1 Å². The van der Waals surface area contributed by atoms with Crippen molar-refractivity contribution >= 4 is 35.6 Å². The van der Waals surface area contributed by atoms with Gasteiger partial charge in [0.05, 0.1) is 18.8 Å². The van der Waals surface area contributed by atoms with E-state index in [-0.39, 0.29) is 36.5 Å². The highest BCUT2D eigenvalue weighted by Gasteiger charge is 2.08. The van der Waals surface area contributed by atoms with Crippen molar-refractivity contribution in [3.8, 4) is 0 Å². The zero-order valence-electron chi connectivity index (χ0n) is 11.9. The zero-order valence-corrected chi connectivity index (χ0v) is 12.7. The van der Waals surface area contributed by atoms with Gasteiger partial charge in [-0.25, -0.2) is 4.39 Å². The molecule has 0 aliphatic carbocycles. The molecule has 0 aliphatic rings. The molecule has 6 nitrogen and oxygen atoms in total. The lowest BCUT2D eigenvalue weighted by atomic mass is 10.2. The number of nitrogens with one attached hydrogen (secondary N) is 3. The summed E-state index contributed by atoms with van der Waals surface area (Å²) in [7, 11) is 1.56. The van der Waals surface area contributed by atoms with Gasteiger partial charge in [0.25, 0.3) is 0 Å². The van der Waals surface area contributed by atoms with E-state index in [1.54, 1.807) is 7.11 Å². The molecule has 118 valence electrons. The number of hydrogen-bond donors (Lipinski definition) is 3. The smallest absolute Gasteiger partial charge is 0.238 e. The first-order valence-corrected chi connectivity index (χ1v) is 6.09. The molecule has 0 aromatic heterocycles. The maximum atomic E-state index is 13.5. The highest BCUT2D eigenvalue weighted by molar-refractivity contribution is 5.94. The zero-order chi connectivity index (χ0) is 15.0. The van der Waals surface area contributed by atoms with Crippen molar-refractivity contribution in [3.63, 3.8) is 0 Å². The number of methoxy groups -OCH3 is 1. The molecule has 0 unspecified atom stereocenters. The van der Waals surface area contributed by atoms with E-state index in [0.29, 0.717) is 18.8 Å². The van der Waals surface area contributed by atoms with Gasteiger partial charge in [0.15, 0.2) is 0 Å². The molecule has 1 aromatic rings. The molecule has 0 saturated heterocycles. The van der Waals surface area contributed by atoms with E-state index in [9.17, 15) is 14.0 Å². The maximum absolute atomic E-state index is 13.5. The lowest BCUT2D eigenvalue weighted by molar-refractivity contribution is -0.115. The standard InChI is InChI=1S/C13H18FN3O3.ClH/c1-9(18)16-10-3-4-11(14)12(7-10)17-13(19)8-15-5-6-20-2;/h3-4,7,15H,5-6,8H2,1-2H3,(H,16,18)(H,17,19);1H. The van der Waals surface area contributed by atoms with Gasteiger partial charge in [-0.1, -0.05) is 0 Å². The molecule has 0 radical (unpaired) electrons. The SMILES string of the molecule is COCCNCC(=O)Nc1cc(NC(C)=O)ccc1F.Cl. The van der Waals surface area contributed by atoms with Gasteiger partial charge in [-0.2, -0.15) is 0 Å². The molecule has 21 heavy (non-hydrogen) atoms. The summed E-state index contributed by atoms with van der Waals surface area (Å²) < 4.78 is 18.4. The van der Waals surface area contributed by atoms with Gasteiger partial charge in [-0.3, -0.25) is 9.59 Å². The number of hydrogen-bond acceptors (Lipinski definition) is 4. The lowest BCUT2D eigenvalue weighted by Crippen LogP contribution is -2.30. The molecule has 0 spiro atoms. The first kappa shape index (κ1) is 19.3. The summed E-state index contributed by atoms with van der Waals surface area (Å²) in [6.45, 7) is 2.41. The first-order valence-electron chi connectivity index (χ1n) is 6.09. The van der Waals surface area contributed by atoms with E-state index < -0.39 is 5.82 Å². The second-order valence-corrected chi connectivity index (χ2v) is 4.09. The Kier molecular flexibility index (Phi) is 9.27. The van der Waals surface area contributed by atoms with Crippen LogP contribution in [0.1, 0.15) is 6.92 Å². The van der Waals surface area contributed by atoms with E-state index >= 15 is 0 Å². The highest BCUT2D eigenvalue weighted by atomic mass is 35.5. The average Bonchev–Trinajstić information content (AvgIpc) is 2.38. The summed E-state index contributed by atoms with van der Waals surface area (Å²) in [5.74, 6) is -1.21. The first-order chi connectivity index (χ1) is 9.52. The highest BCUT2D eigenvalue weighted by Crippen LogP contribution is 2.19. The van der Waals surface area contributed by atoms with Crippen LogP contribution in [-0.4, -0.2) is 38.6 Å². The molecule has 8 heteroatoms. The molecule has 0 saturated carbocycles. The molecule has 1 rings (SSSR count). The Morgan fingerprint density at radius 1 is 1.29 bits per heavy atom. The maximum Gasteiger partial charge on any atom is 0.238 e. The van der Waals surface area contributed by atoms with E-state index in [4.69, 9.17) is 4.74 Å². The summed E-state index contributed by atoms with van der Waals surface area (Å²) in [5, 5.41) is 7.79. The van der Waals surface area contributed by atoms with Gasteiger partial charge >= 0.3 is 0 Å². The summed E-state index contributed by atoms with van der Waals surface area (Å²) in [5.41, 5.74) is 0.441. The van der Waals surface area contributed by atoms with Crippen LogP contribution in [0.4, 0.5) is 15.8 Å². The number of halogens is 2. The molecule has 0 aliphatic heterocycles. The second-order valence-electron chi connectivity index (χ2n) is 4.09. The van der Waals surface area contributed by atoms with Crippen LogP contribution in [0.25, 0.3) is 0 Å². The van der Waals surface area contributed by atoms with Crippen LogP contribution in [0.2, 0.25) is 0 Å². The van der Waals surface area contributed by atoms with Crippen molar-refractivity contribution in [1.82, 2.24) is 5.32 Å². The third-order valence-electron chi connectivity index (χ3n) is 2.33. The van der Waals surface area contributed by atoms with Crippen LogP contribution >= 0.6 is 12.4 Å². The van der Waals surface area contributed by atoms with Crippen molar-refractivity contribution in [2.24, 2.45) is 0 Å². The Morgan fingerprint density at radius 3 is 2.62 bits per heavy atom. The van der Waals surface area contributed by atoms with E-state index in [1.807, 2.05) is 0 Å². The molecular weight excluding hydrogens is 301 g/mol. The van der Waals surface area contributed by atoms with Crippen LogP contribution < -0.4 is 16.0 Å². The molecule has 0 fully saturated rings. The Labute approximate surface area is 128 Å². The van der Waals surface area contributed by atoms with Crippen LogP contribution in [-0.2, 0) is 14.3 Å². The van der Waals surface area contributed by atoms with E-state index in [0.717, 1.165) is 0 Å². The molecule has 0 bridgehead atoms. The molecule has 1 aromatic carbocycles. The molecule has 0 heterocycles. The summed E-state index contributed by atoms with van der Waals surface area (Å²) in [4.78, 5) is 22.5. The molecule has 3 N–H and O–H groups in total. The van der Waals surface area contributed by atoms with Gasteiger partial charge in [0.1, 0.15) is 5.82 Å². The average molecular weight is 320 g/mol. The van der Waals surface area contributed by atoms with E-state index in [2.05, 4.69) is 16.0 Å². The number of amides is 2. The fraction of sp³-hybridized carbons (Fsp3) is 0.385. The van der Waals surface area contributed by atoms with Crippen molar-refractivity contribution in [2.45, 2.75) is 6.92 Å². The summed E-state index contributed by atoms with van der Waals surface area (Å²) in [6, 6.07) is 3.96. The predicted octanol–water partition coefficient (Wildman–Crippen LogP) is 1.38. The van der Waals surface area contributed by atoms with Crippen molar-refractivity contribution in [3.05, 3.63) is 24.0 Å². The summed E-state index contributed by atoms with van der Waals surface area (Å²) >= 11 is 0.